The number of nitrogens with zero attached hydrogens (tertiary/aromatic N) is 2. The van der Waals surface area contributed by atoms with Crippen molar-refractivity contribution < 1.29 is 14.2 Å². The SMILES string of the molecule is OC(COc1ccc(F)cc1)Cn1cc(-c2ccccc2)cn1. The van der Waals surface area contributed by atoms with E-state index in [1.54, 1.807) is 10.9 Å². The first-order valence-electron chi connectivity index (χ1n) is 7.35. The molecule has 0 saturated heterocycles. The number of benzene rings is 2. The Morgan fingerprint density at radius 2 is 1.78 bits per heavy atom. The Kier molecular flexibility index (Phi) is 4.68. The number of rotatable bonds is 6. The van der Waals surface area contributed by atoms with E-state index in [2.05, 4.69) is 5.10 Å². The molecule has 0 aliphatic heterocycles. The van der Waals surface area contributed by atoms with Crippen LogP contribution >= 0.6 is 0 Å². The van der Waals surface area contributed by atoms with Gasteiger partial charge in [0.15, 0.2) is 0 Å². The van der Waals surface area contributed by atoms with Gasteiger partial charge in [0, 0.05) is 11.8 Å². The van der Waals surface area contributed by atoms with Gasteiger partial charge in [0.2, 0.25) is 0 Å². The van der Waals surface area contributed by atoms with E-state index < -0.39 is 6.10 Å². The molecule has 0 aliphatic rings. The van der Waals surface area contributed by atoms with E-state index in [0.717, 1.165) is 11.1 Å². The van der Waals surface area contributed by atoms with Gasteiger partial charge in [-0.15, -0.1) is 0 Å². The Hall–Kier alpha value is -2.66. The Balaban J connectivity index is 1.55. The molecule has 3 aromatic rings. The second-order valence-corrected chi connectivity index (χ2v) is 5.24. The molecule has 0 aliphatic carbocycles. The molecule has 0 amide bonds. The van der Waals surface area contributed by atoms with Gasteiger partial charge < -0.3 is 9.84 Å². The van der Waals surface area contributed by atoms with Crippen LogP contribution in [0.5, 0.6) is 5.75 Å². The normalized spacial score (nSPS) is 12.1. The van der Waals surface area contributed by atoms with Crippen LogP contribution in [0.1, 0.15) is 0 Å². The topological polar surface area (TPSA) is 47.3 Å². The van der Waals surface area contributed by atoms with Crippen molar-refractivity contribution in [2.24, 2.45) is 0 Å². The maximum absolute atomic E-state index is 12.8. The van der Waals surface area contributed by atoms with Crippen LogP contribution in [0.4, 0.5) is 4.39 Å². The molecule has 0 bridgehead atoms. The highest BCUT2D eigenvalue weighted by Gasteiger charge is 2.09. The van der Waals surface area contributed by atoms with Crippen LogP contribution in [0.15, 0.2) is 67.0 Å². The van der Waals surface area contributed by atoms with Gasteiger partial charge in [-0.25, -0.2) is 4.39 Å². The lowest BCUT2D eigenvalue weighted by Crippen LogP contribution is -2.23. The highest BCUT2D eigenvalue weighted by molar-refractivity contribution is 5.61. The summed E-state index contributed by atoms with van der Waals surface area (Å²) in [6.45, 7) is 0.445. The number of aromatic nitrogens is 2. The van der Waals surface area contributed by atoms with Crippen LogP contribution < -0.4 is 4.74 Å². The minimum absolute atomic E-state index is 0.117. The molecule has 0 spiro atoms. The quantitative estimate of drug-likeness (QED) is 0.761. The Labute approximate surface area is 133 Å². The zero-order chi connectivity index (χ0) is 16.1. The molecule has 4 nitrogen and oxygen atoms in total. The second-order valence-electron chi connectivity index (χ2n) is 5.24. The molecule has 1 atom stereocenters. The maximum Gasteiger partial charge on any atom is 0.123 e. The third-order valence-electron chi connectivity index (χ3n) is 3.39. The first kappa shape index (κ1) is 15.2. The van der Waals surface area contributed by atoms with Crippen LogP contribution in [0.3, 0.4) is 0 Å². The van der Waals surface area contributed by atoms with Crippen molar-refractivity contribution in [2.45, 2.75) is 12.6 Å². The largest absolute Gasteiger partial charge is 0.491 e. The molecule has 1 unspecified atom stereocenters. The van der Waals surface area contributed by atoms with E-state index in [1.807, 2.05) is 36.5 Å². The molecule has 0 fully saturated rings. The van der Waals surface area contributed by atoms with Crippen LogP contribution in [0, 0.1) is 5.82 Å². The predicted molar refractivity (Wildman–Crippen MR) is 85.6 cm³/mol. The molecular formula is C18H17FN2O2. The van der Waals surface area contributed by atoms with Gasteiger partial charge in [0.25, 0.3) is 0 Å². The summed E-state index contributed by atoms with van der Waals surface area (Å²) in [5.41, 5.74) is 2.08. The first-order valence-corrected chi connectivity index (χ1v) is 7.35. The molecule has 2 aromatic carbocycles. The second kappa shape index (κ2) is 7.07. The Morgan fingerprint density at radius 1 is 1.04 bits per heavy atom. The highest BCUT2D eigenvalue weighted by atomic mass is 19.1. The van der Waals surface area contributed by atoms with Crippen molar-refractivity contribution in [1.29, 1.82) is 0 Å². The summed E-state index contributed by atoms with van der Waals surface area (Å²) < 4.78 is 19.9. The Morgan fingerprint density at radius 3 is 2.52 bits per heavy atom. The summed E-state index contributed by atoms with van der Waals surface area (Å²) in [4.78, 5) is 0. The number of halogens is 1. The average Bonchev–Trinajstić information content (AvgIpc) is 3.04. The van der Waals surface area contributed by atoms with E-state index in [0.29, 0.717) is 12.3 Å². The van der Waals surface area contributed by atoms with E-state index in [1.165, 1.54) is 24.3 Å². The third-order valence-corrected chi connectivity index (χ3v) is 3.39. The molecule has 5 heteroatoms. The molecule has 0 saturated carbocycles. The summed E-state index contributed by atoms with van der Waals surface area (Å²) in [7, 11) is 0. The summed E-state index contributed by atoms with van der Waals surface area (Å²) in [5, 5.41) is 14.3. The number of hydrogen-bond donors (Lipinski definition) is 1. The summed E-state index contributed by atoms with van der Waals surface area (Å²) in [5.74, 6) is 0.207. The van der Waals surface area contributed by atoms with Gasteiger partial charge in [-0.1, -0.05) is 30.3 Å². The number of hydrogen-bond acceptors (Lipinski definition) is 3. The number of aliphatic hydroxyl groups excluding tert-OH is 1. The lowest BCUT2D eigenvalue weighted by molar-refractivity contribution is 0.0893. The standard InChI is InChI=1S/C18H17FN2O2/c19-16-6-8-18(9-7-16)23-13-17(22)12-21-11-15(10-20-21)14-4-2-1-3-5-14/h1-11,17,22H,12-13H2. The van der Waals surface area contributed by atoms with E-state index in [4.69, 9.17) is 4.74 Å². The molecular weight excluding hydrogens is 295 g/mol. The van der Waals surface area contributed by atoms with Crippen LogP contribution in [-0.2, 0) is 6.54 Å². The molecule has 1 N–H and O–H groups in total. The van der Waals surface area contributed by atoms with Crippen molar-refractivity contribution in [1.82, 2.24) is 9.78 Å². The summed E-state index contributed by atoms with van der Waals surface area (Å²) >= 11 is 0. The van der Waals surface area contributed by atoms with Crippen molar-refractivity contribution in [3.05, 3.63) is 72.8 Å². The van der Waals surface area contributed by atoms with Crippen LogP contribution in [-0.4, -0.2) is 27.6 Å². The molecule has 3 rings (SSSR count). The summed E-state index contributed by atoms with van der Waals surface area (Å²) in [6.07, 6.45) is 2.95. The van der Waals surface area contributed by atoms with Crippen LogP contribution in [0.2, 0.25) is 0 Å². The van der Waals surface area contributed by atoms with Gasteiger partial charge >= 0.3 is 0 Å². The van der Waals surface area contributed by atoms with Crippen LogP contribution in [0.25, 0.3) is 11.1 Å². The van der Waals surface area contributed by atoms with Crippen molar-refractivity contribution >= 4 is 0 Å². The van der Waals surface area contributed by atoms with E-state index in [-0.39, 0.29) is 12.4 Å². The fourth-order valence-electron chi connectivity index (χ4n) is 2.23. The van der Waals surface area contributed by atoms with Gasteiger partial charge in [-0.05, 0) is 29.8 Å². The van der Waals surface area contributed by atoms with Gasteiger partial charge in [-0.3, -0.25) is 4.68 Å². The van der Waals surface area contributed by atoms with Gasteiger partial charge in [0.1, 0.15) is 24.3 Å². The van der Waals surface area contributed by atoms with Crippen molar-refractivity contribution in [3.8, 4) is 16.9 Å². The minimum atomic E-state index is -0.705. The zero-order valence-corrected chi connectivity index (χ0v) is 12.5. The smallest absolute Gasteiger partial charge is 0.123 e. The van der Waals surface area contributed by atoms with Gasteiger partial charge in [-0.2, -0.15) is 5.10 Å². The monoisotopic (exact) mass is 312 g/mol. The fourth-order valence-corrected chi connectivity index (χ4v) is 2.23. The molecule has 118 valence electrons. The number of ether oxygens (including phenoxy) is 1. The molecule has 1 heterocycles. The highest BCUT2D eigenvalue weighted by Crippen LogP contribution is 2.17. The predicted octanol–water partition coefficient (Wildman–Crippen LogP) is 3.13. The van der Waals surface area contributed by atoms with Gasteiger partial charge in [0.05, 0.1) is 12.7 Å². The first-order chi connectivity index (χ1) is 11.2. The molecule has 1 aromatic heterocycles. The van der Waals surface area contributed by atoms with Crippen molar-refractivity contribution in [2.75, 3.05) is 6.61 Å². The maximum atomic E-state index is 12.8. The Bertz CT molecular complexity index is 741. The van der Waals surface area contributed by atoms with E-state index >= 15 is 0 Å². The molecule has 0 radical (unpaired) electrons. The fraction of sp³-hybridized carbons (Fsp3) is 0.167. The average molecular weight is 312 g/mol. The summed E-state index contributed by atoms with van der Waals surface area (Å²) in [6, 6.07) is 15.6. The van der Waals surface area contributed by atoms with Crippen molar-refractivity contribution in [3.63, 3.8) is 0 Å². The third kappa shape index (κ3) is 4.17. The number of aliphatic hydroxyl groups is 1. The molecule has 23 heavy (non-hydrogen) atoms. The minimum Gasteiger partial charge on any atom is -0.491 e. The zero-order valence-electron chi connectivity index (χ0n) is 12.5. The lowest BCUT2D eigenvalue weighted by atomic mass is 10.1. The van der Waals surface area contributed by atoms with E-state index in [9.17, 15) is 9.50 Å². The lowest BCUT2D eigenvalue weighted by Gasteiger charge is -2.12.